The maximum absolute atomic E-state index is 12.5. The highest BCUT2D eigenvalue weighted by Crippen LogP contribution is 2.22. The Kier molecular flexibility index (Phi) is 6.17. The fourth-order valence-corrected chi connectivity index (χ4v) is 3.29. The molecule has 5 heteroatoms. The maximum atomic E-state index is 12.5. The lowest BCUT2D eigenvalue weighted by atomic mass is 10.0. The van der Waals surface area contributed by atoms with Gasteiger partial charge in [-0.3, -0.25) is 4.79 Å². The molecule has 0 atom stereocenters. The number of carbonyl (C=O) groups is 1. The van der Waals surface area contributed by atoms with Crippen LogP contribution in [-0.2, 0) is 5.75 Å². The first kappa shape index (κ1) is 17.2. The fraction of sp³-hybridized carbons (Fsp3) is 0.150. The third kappa shape index (κ3) is 4.90. The lowest BCUT2D eigenvalue weighted by Crippen LogP contribution is -2.26. The minimum Gasteiger partial charge on any atom is -0.351 e. The van der Waals surface area contributed by atoms with Gasteiger partial charge in [-0.2, -0.15) is 11.8 Å². The maximum Gasteiger partial charge on any atom is 0.251 e. The minimum absolute atomic E-state index is 0.0697. The van der Waals surface area contributed by atoms with Gasteiger partial charge in [0, 0.05) is 41.6 Å². The quantitative estimate of drug-likeness (QED) is 0.659. The molecule has 0 aliphatic carbocycles. The summed E-state index contributed by atoms with van der Waals surface area (Å²) in [6.07, 6.45) is 4.92. The van der Waals surface area contributed by atoms with Crippen LogP contribution in [0.3, 0.4) is 0 Å². The molecule has 1 amide bonds. The van der Waals surface area contributed by atoms with Crippen molar-refractivity contribution in [2.24, 2.45) is 0 Å². The van der Waals surface area contributed by atoms with Crippen LogP contribution in [0.15, 0.2) is 73.3 Å². The zero-order chi connectivity index (χ0) is 17.3. The second-order valence-electron chi connectivity index (χ2n) is 5.47. The Morgan fingerprint density at radius 3 is 2.48 bits per heavy atom. The smallest absolute Gasteiger partial charge is 0.251 e. The van der Waals surface area contributed by atoms with E-state index in [0.717, 1.165) is 22.6 Å². The van der Waals surface area contributed by atoms with E-state index in [1.54, 1.807) is 12.4 Å². The summed E-state index contributed by atoms with van der Waals surface area (Å²) in [5.41, 5.74) is 3.63. The summed E-state index contributed by atoms with van der Waals surface area (Å²) in [5.74, 6) is 1.76. The van der Waals surface area contributed by atoms with Crippen molar-refractivity contribution in [1.82, 2.24) is 15.3 Å². The number of amides is 1. The van der Waals surface area contributed by atoms with Crippen molar-refractivity contribution < 1.29 is 4.79 Å². The normalized spacial score (nSPS) is 10.4. The molecule has 25 heavy (non-hydrogen) atoms. The van der Waals surface area contributed by atoms with E-state index < -0.39 is 0 Å². The Balaban J connectivity index is 1.54. The molecule has 0 fully saturated rings. The molecule has 3 aromatic rings. The number of nitrogens with zero attached hydrogens (tertiary/aromatic N) is 2. The van der Waals surface area contributed by atoms with Crippen LogP contribution in [-0.4, -0.2) is 28.2 Å². The molecule has 126 valence electrons. The molecule has 2 aromatic carbocycles. The summed E-state index contributed by atoms with van der Waals surface area (Å²) in [5, 5.41) is 2.99. The van der Waals surface area contributed by atoms with Gasteiger partial charge in [0.25, 0.3) is 5.91 Å². The fourth-order valence-electron chi connectivity index (χ4n) is 2.47. The highest BCUT2D eigenvalue weighted by atomic mass is 32.2. The summed E-state index contributed by atoms with van der Waals surface area (Å²) >= 11 is 1.81. The zero-order valence-electron chi connectivity index (χ0n) is 13.8. The van der Waals surface area contributed by atoms with Gasteiger partial charge in [-0.25, -0.2) is 9.97 Å². The average Bonchev–Trinajstić information content (AvgIpc) is 2.69. The largest absolute Gasteiger partial charge is 0.351 e. The van der Waals surface area contributed by atoms with Crippen LogP contribution in [0.2, 0.25) is 0 Å². The molecule has 1 aromatic heterocycles. The number of nitrogens with one attached hydrogen (secondary N) is 1. The number of hydrogen-bond acceptors (Lipinski definition) is 4. The first-order chi connectivity index (χ1) is 12.3. The van der Waals surface area contributed by atoms with Gasteiger partial charge in [0.15, 0.2) is 0 Å². The van der Waals surface area contributed by atoms with Crippen LogP contribution in [0.5, 0.6) is 0 Å². The van der Waals surface area contributed by atoms with E-state index in [9.17, 15) is 4.79 Å². The lowest BCUT2D eigenvalue weighted by Gasteiger charge is -2.10. The van der Waals surface area contributed by atoms with Crippen molar-refractivity contribution >= 4 is 17.7 Å². The summed E-state index contributed by atoms with van der Waals surface area (Å²) < 4.78 is 0. The molecule has 0 unspecified atom stereocenters. The van der Waals surface area contributed by atoms with Crippen molar-refractivity contribution in [2.75, 3.05) is 12.3 Å². The number of hydrogen-bond donors (Lipinski definition) is 1. The molecule has 0 saturated carbocycles. The summed E-state index contributed by atoms with van der Waals surface area (Å²) in [7, 11) is 0. The molecule has 1 heterocycles. The van der Waals surface area contributed by atoms with Crippen molar-refractivity contribution in [3.05, 3.63) is 84.4 Å². The number of aromatic nitrogens is 2. The van der Waals surface area contributed by atoms with Crippen molar-refractivity contribution in [1.29, 1.82) is 0 Å². The first-order valence-electron chi connectivity index (χ1n) is 8.09. The summed E-state index contributed by atoms with van der Waals surface area (Å²) in [6, 6.07) is 17.9. The third-order valence-electron chi connectivity index (χ3n) is 3.69. The van der Waals surface area contributed by atoms with E-state index in [0.29, 0.717) is 12.1 Å². The van der Waals surface area contributed by atoms with Gasteiger partial charge in [0.1, 0.15) is 6.33 Å². The van der Waals surface area contributed by atoms with Gasteiger partial charge < -0.3 is 5.32 Å². The van der Waals surface area contributed by atoms with Crippen LogP contribution >= 0.6 is 11.8 Å². The first-order valence-corrected chi connectivity index (χ1v) is 9.24. The van der Waals surface area contributed by atoms with Gasteiger partial charge in [-0.1, -0.05) is 48.5 Å². The van der Waals surface area contributed by atoms with E-state index in [1.165, 1.54) is 11.9 Å². The van der Waals surface area contributed by atoms with Gasteiger partial charge in [-0.05, 0) is 17.2 Å². The van der Waals surface area contributed by atoms with Crippen LogP contribution in [0.25, 0.3) is 11.1 Å². The van der Waals surface area contributed by atoms with Crippen LogP contribution in [0, 0.1) is 0 Å². The average molecular weight is 349 g/mol. The summed E-state index contributed by atoms with van der Waals surface area (Å²) in [6.45, 7) is 0.635. The molecule has 0 aliphatic rings. The molecule has 1 N–H and O–H groups in total. The van der Waals surface area contributed by atoms with Gasteiger partial charge in [0.05, 0.1) is 0 Å². The Hall–Kier alpha value is -2.66. The highest BCUT2D eigenvalue weighted by Gasteiger charge is 2.12. The zero-order valence-corrected chi connectivity index (χ0v) is 14.6. The second-order valence-corrected chi connectivity index (χ2v) is 6.57. The molecule has 0 saturated heterocycles. The summed E-state index contributed by atoms with van der Waals surface area (Å²) in [4.78, 5) is 20.6. The van der Waals surface area contributed by atoms with Crippen LogP contribution < -0.4 is 5.32 Å². The van der Waals surface area contributed by atoms with E-state index >= 15 is 0 Å². The number of benzene rings is 2. The van der Waals surface area contributed by atoms with Crippen LogP contribution in [0.1, 0.15) is 15.9 Å². The molecule has 4 nitrogen and oxygen atoms in total. The van der Waals surface area contributed by atoms with Crippen LogP contribution in [0.4, 0.5) is 0 Å². The lowest BCUT2D eigenvalue weighted by molar-refractivity contribution is 0.0957. The molecular formula is C20H19N3OS. The van der Waals surface area contributed by atoms with E-state index in [4.69, 9.17) is 0 Å². The predicted octanol–water partition coefficient (Wildman–Crippen LogP) is 3.81. The van der Waals surface area contributed by atoms with Crippen molar-refractivity contribution in [3.8, 4) is 11.1 Å². The Morgan fingerprint density at radius 2 is 1.68 bits per heavy atom. The standard InChI is InChI=1S/C20H19N3OS/c24-20(23-10-11-25-14-16-6-2-1-3-7-16)19-9-5-4-8-18(19)17-12-21-15-22-13-17/h1-9,12-13,15H,10-11,14H2,(H,23,24). The van der Waals surface area contributed by atoms with E-state index in [2.05, 4.69) is 27.4 Å². The van der Waals surface area contributed by atoms with E-state index in [-0.39, 0.29) is 5.91 Å². The highest BCUT2D eigenvalue weighted by molar-refractivity contribution is 7.98. The topological polar surface area (TPSA) is 54.9 Å². The molecular weight excluding hydrogens is 330 g/mol. The molecule has 0 spiro atoms. The van der Waals surface area contributed by atoms with Gasteiger partial charge in [-0.15, -0.1) is 0 Å². The number of thioether (sulfide) groups is 1. The SMILES string of the molecule is O=C(NCCSCc1ccccc1)c1ccccc1-c1cncnc1. The number of carbonyl (C=O) groups excluding carboxylic acids is 1. The predicted molar refractivity (Wildman–Crippen MR) is 102 cm³/mol. The Labute approximate surface area is 151 Å². The van der Waals surface area contributed by atoms with E-state index in [1.807, 2.05) is 54.2 Å². The van der Waals surface area contributed by atoms with Crippen molar-refractivity contribution in [3.63, 3.8) is 0 Å². The molecule has 0 aliphatic heterocycles. The van der Waals surface area contributed by atoms with Gasteiger partial charge >= 0.3 is 0 Å². The van der Waals surface area contributed by atoms with Crippen molar-refractivity contribution in [2.45, 2.75) is 5.75 Å². The molecule has 0 bridgehead atoms. The molecule has 0 radical (unpaired) electrons. The molecule has 3 rings (SSSR count). The number of rotatable bonds is 7. The second kappa shape index (κ2) is 8.99. The third-order valence-corrected chi connectivity index (χ3v) is 4.72. The minimum atomic E-state index is -0.0697. The van der Waals surface area contributed by atoms with Gasteiger partial charge in [0.2, 0.25) is 0 Å². The Bertz CT molecular complexity index is 809. The monoisotopic (exact) mass is 349 g/mol. The Morgan fingerprint density at radius 1 is 0.960 bits per heavy atom.